The molecule has 0 aromatic rings. The summed E-state index contributed by atoms with van der Waals surface area (Å²) >= 11 is 0. The van der Waals surface area contributed by atoms with Gasteiger partial charge in [-0.15, -0.1) is 0 Å². The second-order valence-corrected chi connectivity index (χ2v) is 8.80. The average Bonchev–Trinajstić information content (AvgIpc) is 2.82. The van der Waals surface area contributed by atoms with Crippen LogP contribution in [0.15, 0.2) is 23.5 Å². The van der Waals surface area contributed by atoms with Gasteiger partial charge in [0, 0.05) is 18.3 Å². The van der Waals surface area contributed by atoms with E-state index < -0.39 is 0 Å². The Balaban J connectivity index is 1.72. The lowest BCUT2D eigenvalue weighted by Crippen LogP contribution is -2.55. The first kappa shape index (κ1) is 16.4. The van der Waals surface area contributed by atoms with Crippen LogP contribution in [-0.4, -0.2) is 23.6 Å². The highest BCUT2D eigenvalue weighted by atomic mass is 16.5. The molecule has 4 rings (SSSR count). The van der Waals surface area contributed by atoms with Gasteiger partial charge in [-0.1, -0.05) is 19.9 Å². The Bertz CT molecular complexity index is 619. The maximum atomic E-state index is 12.5. The van der Waals surface area contributed by atoms with Crippen molar-refractivity contribution < 1.29 is 14.6 Å². The summed E-state index contributed by atoms with van der Waals surface area (Å²) < 4.78 is 5.75. The summed E-state index contributed by atoms with van der Waals surface area (Å²) in [5, 5.41) is 11.1. The van der Waals surface area contributed by atoms with Gasteiger partial charge in [0.2, 0.25) is 0 Å². The van der Waals surface area contributed by atoms with E-state index in [9.17, 15) is 9.90 Å². The second-order valence-electron chi connectivity index (χ2n) is 8.80. The van der Waals surface area contributed by atoms with Gasteiger partial charge in [0.1, 0.15) is 5.78 Å². The highest BCUT2D eigenvalue weighted by Crippen LogP contribution is 2.63. The summed E-state index contributed by atoms with van der Waals surface area (Å²) in [6, 6.07) is 0. The molecule has 0 radical (unpaired) electrons. The van der Waals surface area contributed by atoms with Crippen LogP contribution in [0.1, 0.15) is 59.3 Å². The van der Waals surface area contributed by atoms with E-state index in [0.717, 1.165) is 31.4 Å². The third-order valence-electron chi connectivity index (χ3n) is 7.71. The molecule has 24 heavy (non-hydrogen) atoms. The Morgan fingerprint density at radius 2 is 2.08 bits per heavy atom. The van der Waals surface area contributed by atoms with E-state index in [2.05, 4.69) is 26.0 Å². The van der Waals surface area contributed by atoms with E-state index in [1.54, 1.807) is 0 Å². The van der Waals surface area contributed by atoms with Crippen LogP contribution in [0.4, 0.5) is 0 Å². The zero-order chi connectivity index (χ0) is 17.1. The monoisotopic (exact) mass is 330 g/mol. The van der Waals surface area contributed by atoms with Crippen LogP contribution >= 0.6 is 0 Å². The Morgan fingerprint density at radius 3 is 2.83 bits per heavy atom. The van der Waals surface area contributed by atoms with Gasteiger partial charge >= 0.3 is 0 Å². The summed E-state index contributed by atoms with van der Waals surface area (Å²) in [5.74, 6) is 2.64. The molecule has 2 fully saturated rings. The molecular weight excluding hydrogens is 300 g/mol. The third kappa shape index (κ3) is 2.09. The molecular formula is C21H30O3. The van der Waals surface area contributed by atoms with Gasteiger partial charge in [-0.25, -0.2) is 0 Å². The molecule has 1 unspecified atom stereocenters. The number of hydrogen-bond donors (Lipinski definition) is 1. The van der Waals surface area contributed by atoms with Crippen molar-refractivity contribution in [2.75, 3.05) is 6.61 Å². The van der Waals surface area contributed by atoms with Gasteiger partial charge in [-0.2, -0.15) is 0 Å². The lowest BCUT2D eigenvalue weighted by atomic mass is 9.48. The second kappa shape index (κ2) is 5.45. The van der Waals surface area contributed by atoms with Gasteiger partial charge in [-0.05, 0) is 67.4 Å². The number of aliphatic hydroxyl groups is 1. The Kier molecular flexibility index (Phi) is 3.72. The molecule has 0 saturated heterocycles. The number of carbonyl (C=O) groups excluding carboxylic acids is 1. The number of rotatable bonds is 2. The average molecular weight is 330 g/mol. The minimum atomic E-state index is -0.367. The summed E-state index contributed by atoms with van der Waals surface area (Å²) in [4.78, 5) is 12.5. The van der Waals surface area contributed by atoms with Crippen LogP contribution in [0, 0.1) is 28.6 Å². The van der Waals surface area contributed by atoms with E-state index >= 15 is 0 Å². The van der Waals surface area contributed by atoms with Crippen molar-refractivity contribution in [3.05, 3.63) is 23.5 Å². The molecule has 132 valence electrons. The quantitative estimate of drug-likeness (QED) is 0.832. The minimum Gasteiger partial charge on any atom is -0.498 e. The summed E-state index contributed by atoms with van der Waals surface area (Å²) in [5.41, 5.74) is 1.09. The van der Waals surface area contributed by atoms with Crippen molar-refractivity contribution in [3.63, 3.8) is 0 Å². The highest BCUT2D eigenvalue weighted by Gasteiger charge is 2.61. The van der Waals surface area contributed by atoms with E-state index in [1.165, 1.54) is 5.57 Å². The van der Waals surface area contributed by atoms with Crippen molar-refractivity contribution in [1.82, 2.24) is 0 Å². The summed E-state index contributed by atoms with van der Waals surface area (Å²) in [7, 11) is 0. The SMILES string of the molecule is CCOC1=CC2=CC[C@@H]3[C@@H](C(O)C[C@]4(C)C(=O)CC[C@@H]34)[C@@]2(C)CC1. The van der Waals surface area contributed by atoms with Gasteiger partial charge in [0.05, 0.1) is 18.5 Å². The molecule has 4 aliphatic rings. The molecule has 1 N–H and O–H groups in total. The molecule has 3 heteroatoms. The highest BCUT2D eigenvalue weighted by molar-refractivity contribution is 5.87. The van der Waals surface area contributed by atoms with Crippen LogP contribution in [-0.2, 0) is 9.53 Å². The van der Waals surface area contributed by atoms with Crippen LogP contribution in [0.2, 0.25) is 0 Å². The van der Waals surface area contributed by atoms with E-state index in [4.69, 9.17) is 4.74 Å². The maximum absolute atomic E-state index is 12.5. The Labute approximate surface area is 145 Å². The fraction of sp³-hybridized carbons (Fsp3) is 0.762. The van der Waals surface area contributed by atoms with E-state index in [-0.39, 0.29) is 22.9 Å². The zero-order valence-electron chi connectivity index (χ0n) is 15.2. The van der Waals surface area contributed by atoms with Gasteiger partial charge < -0.3 is 9.84 Å². The molecule has 6 atom stereocenters. The number of Topliss-reactive ketones (excluding diaryl/α,β-unsaturated/α-hetero) is 1. The molecule has 0 aromatic carbocycles. The lowest BCUT2D eigenvalue weighted by molar-refractivity contribution is -0.143. The molecule has 2 saturated carbocycles. The number of carbonyl (C=O) groups is 1. The maximum Gasteiger partial charge on any atom is 0.139 e. The van der Waals surface area contributed by atoms with Crippen molar-refractivity contribution in [2.24, 2.45) is 28.6 Å². The fourth-order valence-corrected chi connectivity index (χ4v) is 6.51. The molecule has 4 aliphatic carbocycles. The topological polar surface area (TPSA) is 46.5 Å². The molecule has 0 aliphatic heterocycles. The molecule has 3 nitrogen and oxygen atoms in total. The van der Waals surface area contributed by atoms with Crippen molar-refractivity contribution in [2.45, 2.75) is 65.4 Å². The Morgan fingerprint density at radius 1 is 1.29 bits per heavy atom. The zero-order valence-corrected chi connectivity index (χ0v) is 15.2. The van der Waals surface area contributed by atoms with Crippen molar-refractivity contribution in [3.8, 4) is 0 Å². The smallest absolute Gasteiger partial charge is 0.139 e. The first-order valence-corrected chi connectivity index (χ1v) is 9.65. The number of allylic oxidation sites excluding steroid dienone is 4. The number of fused-ring (bicyclic) bond motifs is 5. The van der Waals surface area contributed by atoms with Crippen molar-refractivity contribution in [1.29, 1.82) is 0 Å². The van der Waals surface area contributed by atoms with Crippen molar-refractivity contribution >= 4 is 5.78 Å². The van der Waals surface area contributed by atoms with Gasteiger partial charge in [-0.3, -0.25) is 4.79 Å². The van der Waals surface area contributed by atoms with Gasteiger partial charge in [0.25, 0.3) is 0 Å². The number of aliphatic hydroxyl groups excluding tert-OH is 1. The van der Waals surface area contributed by atoms with E-state index in [1.807, 2.05) is 6.92 Å². The fourth-order valence-electron chi connectivity index (χ4n) is 6.51. The summed E-state index contributed by atoms with van der Waals surface area (Å²) in [6.45, 7) is 7.19. The van der Waals surface area contributed by atoms with Crippen LogP contribution < -0.4 is 0 Å². The van der Waals surface area contributed by atoms with Crippen LogP contribution in [0.3, 0.4) is 0 Å². The van der Waals surface area contributed by atoms with Crippen LogP contribution in [0.5, 0.6) is 0 Å². The standard InChI is InChI=1S/C21H30O3/c1-4-24-14-9-10-20(2)13(11-14)5-6-15-16-7-8-18(23)21(16,3)12-17(22)19(15)20/h5,11,15-17,19,22H,4,6-10,12H2,1-3H3/t15-,16-,17?,19-,20-,21-/m0/s1. The molecule has 0 amide bonds. The van der Waals surface area contributed by atoms with E-state index in [0.29, 0.717) is 37.1 Å². The normalized spacial score (nSPS) is 47.2. The number of ketones is 1. The predicted molar refractivity (Wildman–Crippen MR) is 93.2 cm³/mol. The first-order valence-electron chi connectivity index (χ1n) is 9.65. The van der Waals surface area contributed by atoms with Crippen LogP contribution in [0.25, 0.3) is 0 Å². The molecule has 0 spiro atoms. The van der Waals surface area contributed by atoms with Gasteiger partial charge in [0.15, 0.2) is 0 Å². The molecule has 0 bridgehead atoms. The minimum absolute atomic E-state index is 0.0237. The predicted octanol–water partition coefficient (Wildman–Crippen LogP) is 4.02. The number of ether oxygens (including phenoxy) is 1. The largest absolute Gasteiger partial charge is 0.498 e. The first-order chi connectivity index (χ1) is 11.4. The third-order valence-corrected chi connectivity index (χ3v) is 7.71. The molecule has 0 aromatic heterocycles. The number of hydrogen-bond acceptors (Lipinski definition) is 3. The summed E-state index contributed by atoms with van der Waals surface area (Å²) in [6.07, 6.45) is 9.61. The Hall–Kier alpha value is -1.09. The lowest BCUT2D eigenvalue weighted by Gasteiger charge is -2.57. The molecule has 0 heterocycles.